The van der Waals surface area contributed by atoms with Gasteiger partial charge in [-0.2, -0.15) is 0 Å². The van der Waals surface area contributed by atoms with E-state index >= 15 is 0 Å². The number of benzene rings is 1. The molecule has 1 aromatic rings. The third-order valence-corrected chi connectivity index (χ3v) is 3.54. The zero-order valence-corrected chi connectivity index (χ0v) is 12.7. The summed E-state index contributed by atoms with van der Waals surface area (Å²) < 4.78 is 5.70. The van der Waals surface area contributed by atoms with Crippen LogP contribution in [0.15, 0.2) is 24.3 Å². The second kappa shape index (κ2) is 7.31. The van der Waals surface area contributed by atoms with Crippen molar-refractivity contribution in [2.75, 3.05) is 23.9 Å². The third-order valence-electron chi connectivity index (χ3n) is 3.31. The number of nitrogens with one attached hydrogen (secondary N) is 1. The molecule has 0 spiro atoms. The van der Waals surface area contributed by atoms with Gasteiger partial charge in [-0.05, 0) is 18.6 Å². The molecule has 1 aliphatic rings. The highest BCUT2D eigenvalue weighted by Crippen LogP contribution is 2.33. The Balaban J connectivity index is 2.14. The zero-order valence-electron chi connectivity index (χ0n) is 12.0. The van der Waals surface area contributed by atoms with Gasteiger partial charge in [-0.1, -0.05) is 25.5 Å². The first-order chi connectivity index (χ1) is 10.2. The molecule has 21 heavy (non-hydrogen) atoms. The first-order valence-corrected chi connectivity index (χ1v) is 7.60. The van der Waals surface area contributed by atoms with Gasteiger partial charge in [-0.25, -0.2) is 0 Å². The van der Waals surface area contributed by atoms with E-state index in [0.717, 1.165) is 12.8 Å². The van der Waals surface area contributed by atoms with Gasteiger partial charge in [0.25, 0.3) is 5.91 Å². The number of amides is 2. The first kappa shape index (κ1) is 15.6. The van der Waals surface area contributed by atoms with Crippen LogP contribution in [0.3, 0.4) is 0 Å². The van der Waals surface area contributed by atoms with E-state index in [-0.39, 0.29) is 24.2 Å². The van der Waals surface area contributed by atoms with Crippen molar-refractivity contribution < 1.29 is 14.3 Å². The van der Waals surface area contributed by atoms with E-state index in [1.54, 1.807) is 18.2 Å². The van der Waals surface area contributed by atoms with Crippen LogP contribution >= 0.6 is 11.6 Å². The molecule has 0 saturated carbocycles. The summed E-state index contributed by atoms with van der Waals surface area (Å²) in [6.45, 7) is 2.85. The molecule has 0 aliphatic carbocycles. The highest BCUT2D eigenvalue weighted by molar-refractivity contribution is 6.29. The molecule has 0 fully saturated rings. The maximum Gasteiger partial charge on any atom is 0.262 e. The molecule has 0 saturated heterocycles. The van der Waals surface area contributed by atoms with Gasteiger partial charge in [-0.3, -0.25) is 9.59 Å². The fourth-order valence-corrected chi connectivity index (χ4v) is 2.33. The predicted octanol–water partition coefficient (Wildman–Crippen LogP) is 1.94. The normalized spacial score (nSPS) is 16.9. The number of unbranched alkanes of at least 4 members (excludes halogenated alkanes) is 1. The first-order valence-electron chi connectivity index (χ1n) is 7.07. The lowest BCUT2D eigenvalue weighted by atomic mass is 10.1. The summed E-state index contributed by atoms with van der Waals surface area (Å²) in [6.07, 6.45) is 1.22. The molecule has 0 radical (unpaired) electrons. The van der Waals surface area contributed by atoms with E-state index in [4.69, 9.17) is 16.3 Å². The summed E-state index contributed by atoms with van der Waals surface area (Å²) in [5.41, 5.74) is 0.653. The van der Waals surface area contributed by atoms with Crippen molar-refractivity contribution in [2.45, 2.75) is 25.9 Å². The minimum atomic E-state index is -0.705. The molecule has 1 aliphatic heterocycles. The van der Waals surface area contributed by atoms with Gasteiger partial charge >= 0.3 is 0 Å². The molecule has 6 heteroatoms. The largest absolute Gasteiger partial charge is 0.477 e. The summed E-state index contributed by atoms with van der Waals surface area (Å²) in [6, 6.07) is 7.15. The Morgan fingerprint density at radius 3 is 2.90 bits per heavy atom. The standard InChI is InChI=1S/C15H19ClN2O3/c1-2-3-8-17-15(20)13-10-18(14(19)9-16)11-6-4-5-7-12(11)21-13/h4-7,13H,2-3,8-10H2,1H3,(H,17,20). The van der Waals surface area contributed by atoms with Gasteiger partial charge in [0.2, 0.25) is 5.91 Å². The molecule has 114 valence electrons. The smallest absolute Gasteiger partial charge is 0.262 e. The zero-order chi connectivity index (χ0) is 15.2. The average Bonchev–Trinajstić information content (AvgIpc) is 2.53. The summed E-state index contributed by atoms with van der Waals surface area (Å²) in [5.74, 6) is -0.0413. The molecule has 5 nitrogen and oxygen atoms in total. The summed E-state index contributed by atoms with van der Waals surface area (Å²) in [5, 5.41) is 2.83. The SMILES string of the molecule is CCCCNC(=O)C1CN(C(=O)CCl)c2ccccc2O1. The van der Waals surface area contributed by atoms with Crippen LogP contribution in [0.25, 0.3) is 0 Å². The van der Waals surface area contributed by atoms with Crippen molar-refractivity contribution >= 4 is 29.1 Å². The second-order valence-corrected chi connectivity index (χ2v) is 5.12. The maximum absolute atomic E-state index is 12.1. The number of rotatable bonds is 5. The number of halogens is 1. The van der Waals surface area contributed by atoms with E-state index in [0.29, 0.717) is 18.0 Å². The van der Waals surface area contributed by atoms with Gasteiger partial charge in [0.05, 0.1) is 12.2 Å². The number of alkyl halides is 1. The van der Waals surface area contributed by atoms with Crippen molar-refractivity contribution in [1.82, 2.24) is 5.32 Å². The molecule has 2 amide bonds. The molecular formula is C15H19ClN2O3. The van der Waals surface area contributed by atoms with Crippen LogP contribution in [0.1, 0.15) is 19.8 Å². The Bertz CT molecular complexity index is 521. The Morgan fingerprint density at radius 1 is 1.43 bits per heavy atom. The van der Waals surface area contributed by atoms with Gasteiger partial charge < -0.3 is 15.0 Å². The van der Waals surface area contributed by atoms with E-state index in [1.807, 2.05) is 6.07 Å². The van der Waals surface area contributed by atoms with Gasteiger partial charge in [0.15, 0.2) is 6.10 Å². The number of hydrogen-bond donors (Lipinski definition) is 1. The fourth-order valence-electron chi connectivity index (χ4n) is 2.18. The van der Waals surface area contributed by atoms with E-state index in [2.05, 4.69) is 12.2 Å². The van der Waals surface area contributed by atoms with Crippen molar-refractivity contribution in [3.05, 3.63) is 24.3 Å². The average molecular weight is 311 g/mol. The van der Waals surface area contributed by atoms with Crippen LogP contribution in [0.2, 0.25) is 0 Å². The molecule has 1 unspecified atom stereocenters. The molecule has 1 aromatic carbocycles. The topological polar surface area (TPSA) is 58.6 Å². The second-order valence-electron chi connectivity index (χ2n) is 4.86. The van der Waals surface area contributed by atoms with Crippen molar-refractivity contribution in [1.29, 1.82) is 0 Å². The Morgan fingerprint density at radius 2 is 2.19 bits per heavy atom. The van der Waals surface area contributed by atoms with Crippen molar-refractivity contribution in [3.63, 3.8) is 0 Å². The Hall–Kier alpha value is -1.75. The Labute approximate surface area is 129 Å². The highest BCUT2D eigenvalue weighted by Gasteiger charge is 2.33. The summed E-state index contributed by atoms with van der Waals surface area (Å²) in [4.78, 5) is 25.6. The van der Waals surface area contributed by atoms with E-state index in [1.165, 1.54) is 4.90 Å². The van der Waals surface area contributed by atoms with Crippen LogP contribution in [-0.4, -0.2) is 36.9 Å². The molecule has 0 bridgehead atoms. The van der Waals surface area contributed by atoms with Crippen LogP contribution < -0.4 is 15.0 Å². The van der Waals surface area contributed by atoms with Gasteiger partial charge in [0.1, 0.15) is 11.6 Å². The number of nitrogens with zero attached hydrogens (tertiary/aromatic N) is 1. The number of ether oxygens (including phenoxy) is 1. The summed E-state index contributed by atoms with van der Waals surface area (Å²) >= 11 is 5.65. The number of carbonyl (C=O) groups is 2. The number of anilines is 1. The minimum Gasteiger partial charge on any atom is -0.477 e. The highest BCUT2D eigenvalue weighted by atomic mass is 35.5. The molecule has 0 aromatic heterocycles. The minimum absolute atomic E-state index is 0.126. The number of fused-ring (bicyclic) bond motifs is 1. The number of para-hydroxylation sites is 2. The molecule has 2 rings (SSSR count). The number of carbonyl (C=O) groups excluding carboxylic acids is 2. The fraction of sp³-hybridized carbons (Fsp3) is 0.467. The number of hydrogen-bond acceptors (Lipinski definition) is 3. The van der Waals surface area contributed by atoms with Crippen LogP contribution in [0.4, 0.5) is 5.69 Å². The van der Waals surface area contributed by atoms with Crippen molar-refractivity contribution in [2.24, 2.45) is 0 Å². The lowest BCUT2D eigenvalue weighted by Crippen LogP contribution is -2.51. The van der Waals surface area contributed by atoms with Crippen LogP contribution in [-0.2, 0) is 9.59 Å². The predicted molar refractivity (Wildman–Crippen MR) is 81.8 cm³/mol. The quantitative estimate of drug-likeness (QED) is 0.668. The lowest BCUT2D eigenvalue weighted by Gasteiger charge is -2.33. The monoisotopic (exact) mass is 310 g/mol. The lowest BCUT2D eigenvalue weighted by molar-refractivity contribution is -0.128. The maximum atomic E-state index is 12.1. The third kappa shape index (κ3) is 3.67. The van der Waals surface area contributed by atoms with Gasteiger partial charge in [-0.15, -0.1) is 11.6 Å². The van der Waals surface area contributed by atoms with E-state index in [9.17, 15) is 9.59 Å². The molecule has 1 atom stereocenters. The van der Waals surface area contributed by atoms with Gasteiger partial charge in [0, 0.05) is 6.54 Å². The Kier molecular flexibility index (Phi) is 5.44. The van der Waals surface area contributed by atoms with E-state index < -0.39 is 6.10 Å². The molecular weight excluding hydrogens is 292 g/mol. The van der Waals surface area contributed by atoms with Crippen LogP contribution in [0, 0.1) is 0 Å². The molecule has 1 heterocycles. The van der Waals surface area contributed by atoms with Crippen molar-refractivity contribution in [3.8, 4) is 5.75 Å². The summed E-state index contributed by atoms with van der Waals surface area (Å²) in [7, 11) is 0. The molecule has 1 N–H and O–H groups in total. The van der Waals surface area contributed by atoms with Crippen LogP contribution in [0.5, 0.6) is 5.75 Å².